The Morgan fingerprint density at radius 1 is 1.31 bits per heavy atom. The van der Waals surface area contributed by atoms with Crippen LogP contribution in [0.1, 0.15) is 18.1 Å². The molecule has 0 amide bonds. The molecule has 1 nitrogen and oxygen atoms in total. The predicted molar refractivity (Wildman–Crippen MR) is 55.9 cm³/mol. The van der Waals surface area contributed by atoms with Crippen LogP contribution in [0.3, 0.4) is 0 Å². The molecule has 0 aliphatic carbocycles. The summed E-state index contributed by atoms with van der Waals surface area (Å²) in [6.07, 6.45) is -4.35. The molecule has 0 N–H and O–H groups in total. The van der Waals surface area contributed by atoms with Crippen LogP contribution in [0.25, 0.3) is 0 Å². The first kappa shape index (κ1) is 13.7. The Morgan fingerprint density at radius 2 is 1.88 bits per heavy atom. The van der Waals surface area contributed by atoms with E-state index in [9.17, 15) is 13.2 Å². The molecular formula is C10H7F3LiNSe. The summed E-state index contributed by atoms with van der Waals surface area (Å²) in [5, 5.41) is 9.02. The fourth-order valence-electron chi connectivity index (χ4n) is 1.22. The van der Waals surface area contributed by atoms with Crippen LogP contribution in [0, 0.1) is 11.3 Å². The minimum absolute atomic E-state index is 0.0774. The maximum absolute atomic E-state index is 12.5. The molecule has 1 aromatic rings. The van der Waals surface area contributed by atoms with Crippen LogP contribution in [0.15, 0.2) is 24.3 Å². The van der Waals surface area contributed by atoms with Crippen LogP contribution in [-0.4, -0.2) is 28.5 Å². The number of halogens is 3. The molecule has 0 saturated carbocycles. The Labute approximate surface area is 106 Å². The molecule has 1 aromatic carbocycles. The van der Waals surface area contributed by atoms with E-state index in [2.05, 4.69) is 6.07 Å². The van der Waals surface area contributed by atoms with Crippen molar-refractivity contribution in [1.29, 1.82) is 5.26 Å². The Kier molecular flexibility index (Phi) is 4.15. The van der Waals surface area contributed by atoms with Crippen molar-refractivity contribution in [1.82, 2.24) is 0 Å². The summed E-state index contributed by atoms with van der Waals surface area (Å²) >= 11 is 1.77. The minimum atomic E-state index is -4.35. The molecule has 0 fully saturated rings. The van der Waals surface area contributed by atoms with Crippen LogP contribution >= 0.6 is 0 Å². The quantitative estimate of drug-likeness (QED) is 0.764. The van der Waals surface area contributed by atoms with E-state index < -0.39 is 16.1 Å². The molecule has 0 radical (unpaired) electrons. The van der Waals surface area contributed by atoms with Crippen molar-refractivity contribution in [3.63, 3.8) is 0 Å². The van der Waals surface area contributed by atoms with Crippen molar-refractivity contribution in [2.24, 2.45) is 0 Å². The third kappa shape index (κ3) is 2.84. The van der Waals surface area contributed by atoms with E-state index in [1.54, 1.807) is 13.0 Å². The first-order valence-corrected chi connectivity index (χ1v) is 7.04. The van der Waals surface area contributed by atoms with Crippen LogP contribution in [0.2, 0.25) is 0 Å². The van der Waals surface area contributed by atoms with Gasteiger partial charge < -0.3 is 0 Å². The Morgan fingerprint density at radius 3 is 2.31 bits per heavy atom. The third-order valence-corrected chi connectivity index (χ3v) is 4.76. The maximum atomic E-state index is 12.5. The number of benzene rings is 1. The first-order valence-electron chi connectivity index (χ1n) is 4.47. The van der Waals surface area contributed by atoms with Gasteiger partial charge in [0.2, 0.25) is 0 Å². The van der Waals surface area contributed by atoms with Gasteiger partial charge >= 0.3 is 106 Å². The van der Waals surface area contributed by atoms with Gasteiger partial charge in [0.25, 0.3) is 0 Å². The normalized spacial score (nSPS) is 15.3. The molecular weight excluding hydrogens is 277 g/mol. The molecule has 1 atom stereocenters. The summed E-state index contributed by atoms with van der Waals surface area (Å²) in [4.78, 5) is 0. The molecule has 0 spiro atoms. The molecule has 0 aromatic heterocycles. The number of alkyl halides is 3. The zero-order valence-electron chi connectivity index (χ0n) is 8.80. The number of nitriles is 1. The summed E-state index contributed by atoms with van der Waals surface area (Å²) < 4.78 is 36.7. The van der Waals surface area contributed by atoms with Crippen molar-refractivity contribution in [2.45, 2.75) is 17.4 Å². The summed E-state index contributed by atoms with van der Waals surface area (Å²) in [5.41, 5.74) is -0.261. The molecule has 0 aliphatic rings. The molecule has 0 saturated heterocycles. The molecule has 80 valence electrons. The van der Waals surface area contributed by atoms with Gasteiger partial charge in [-0.3, -0.25) is 0 Å². The second-order valence-corrected chi connectivity index (χ2v) is 6.00. The van der Waals surface area contributed by atoms with E-state index in [4.69, 9.17) is 5.26 Å². The van der Waals surface area contributed by atoms with Crippen molar-refractivity contribution in [3.05, 3.63) is 35.4 Å². The van der Waals surface area contributed by atoms with E-state index in [0.717, 1.165) is 12.1 Å². The van der Waals surface area contributed by atoms with Crippen molar-refractivity contribution in [3.8, 4) is 6.07 Å². The van der Waals surface area contributed by atoms with Gasteiger partial charge in [-0.05, 0) is 0 Å². The zero-order valence-corrected chi connectivity index (χ0v) is 10.5. The molecule has 1 unspecified atom stereocenters. The van der Waals surface area contributed by atoms with E-state index in [1.807, 2.05) is 15.8 Å². The van der Waals surface area contributed by atoms with Gasteiger partial charge in [0.1, 0.15) is 0 Å². The van der Waals surface area contributed by atoms with E-state index >= 15 is 0 Å². The number of hydrogen-bond donors (Lipinski definition) is 0. The third-order valence-electron chi connectivity index (χ3n) is 2.36. The van der Waals surface area contributed by atoms with E-state index in [1.165, 1.54) is 6.07 Å². The standard InChI is InChI=1S/C10H8F3NSe.Li/c1-9(15,6-14)7-3-2-4-8(5-7)10(11,12)13;/h2-5,15H,1H3;/q;+1/p-1. The summed E-state index contributed by atoms with van der Waals surface area (Å²) in [6, 6.07) is 7.09. The molecule has 0 aliphatic heterocycles. The van der Waals surface area contributed by atoms with Gasteiger partial charge in [0.15, 0.2) is 0 Å². The van der Waals surface area contributed by atoms with Gasteiger partial charge in [-0.2, -0.15) is 0 Å². The molecule has 16 heavy (non-hydrogen) atoms. The number of rotatable bonds is 2. The van der Waals surface area contributed by atoms with Crippen molar-refractivity contribution in [2.75, 3.05) is 0 Å². The topological polar surface area (TPSA) is 23.8 Å². The van der Waals surface area contributed by atoms with Gasteiger partial charge in [-0.25, -0.2) is 0 Å². The fourth-order valence-corrected chi connectivity index (χ4v) is 2.17. The number of hydrogen-bond acceptors (Lipinski definition) is 1. The SMILES string of the molecule is [Li][Se]C(C)(C#N)c1cccc(C(F)(F)F)c1. The average Bonchev–Trinajstić information content (AvgIpc) is 2.27. The molecule has 0 bridgehead atoms. The second-order valence-electron chi connectivity index (χ2n) is 3.43. The summed E-state index contributed by atoms with van der Waals surface area (Å²) in [7, 11) is 0. The predicted octanol–water partition coefficient (Wildman–Crippen LogP) is 2.23. The zero-order chi connectivity index (χ0) is 12.4. The Bertz CT molecular complexity index is 427. The van der Waals surface area contributed by atoms with Gasteiger partial charge in [0.05, 0.1) is 0 Å². The summed E-state index contributed by atoms with van der Waals surface area (Å²) in [5.74, 6) is 0. The van der Waals surface area contributed by atoms with E-state index in [0.29, 0.717) is 5.56 Å². The van der Waals surface area contributed by atoms with Crippen molar-refractivity contribution >= 4 is 28.5 Å². The second kappa shape index (κ2) is 4.86. The van der Waals surface area contributed by atoms with Gasteiger partial charge in [-0.1, -0.05) is 0 Å². The van der Waals surface area contributed by atoms with Crippen molar-refractivity contribution < 1.29 is 13.2 Å². The van der Waals surface area contributed by atoms with Gasteiger partial charge in [0, 0.05) is 0 Å². The first-order chi connectivity index (χ1) is 7.33. The van der Waals surface area contributed by atoms with Crippen LogP contribution in [0.5, 0.6) is 0 Å². The van der Waals surface area contributed by atoms with E-state index in [-0.39, 0.29) is 12.8 Å². The summed E-state index contributed by atoms with van der Waals surface area (Å²) in [6.45, 7) is 1.67. The number of nitrogens with zero attached hydrogens (tertiary/aromatic N) is 1. The molecule has 6 heteroatoms. The van der Waals surface area contributed by atoms with Gasteiger partial charge in [-0.15, -0.1) is 0 Å². The monoisotopic (exact) mass is 285 g/mol. The Balaban J connectivity index is 3.24. The molecule has 0 heterocycles. The van der Waals surface area contributed by atoms with Crippen LogP contribution in [-0.2, 0) is 10.5 Å². The average molecular weight is 284 g/mol. The van der Waals surface area contributed by atoms with Crippen LogP contribution in [0.4, 0.5) is 13.2 Å². The fraction of sp³-hybridized carbons (Fsp3) is 0.300. The Hall–Kier alpha value is -0.383. The van der Waals surface area contributed by atoms with Crippen LogP contribution < -0.4 is 0 Å². The molecule has 1 rings (SSSR count).